The molecule has 1 aliphatic rings. The lowest BCUT2D eigenvalue weighted by Gasteiger charge is -2.22. The molecule has 1 aromatic heterocycles. The van der Waals surface area contributed by atoms with Crippen LogP contribution >= 0.6 is 0 Å². The minimum atomic E-state index is -0.202. The summed E-state index contributed by atoms with van der Waals surface area (Å²) in [6, 6.07) is 11.3. The Kier molecular flexibility index (Phi) is 4.93. The highest BCUT2D eigenvalue weighted by Gasteiger charge is 2.20. The Morgan fingerprint density at radius 3 is 2.50 bits per heavy atom. The topological polar surface area (TPSA) is 76.0 Å². The molecule has 0 unspecified atom stereocenters. The van der Waals surface area contributed by atoms with Crippen LogP contribution in [0.5, 0.6) is 0 Å². The van der Waals surface area contributed by atoms with Gasteiger partial charge in [0.05, 0.1) is 5.69 Å². The third-order valence-corrected chi connectivity index (χ3v) is 4.19. The van der Waals surface area contributed by atoms with Gasteiger partial charge < -0.3 is 10.6 Å². The molecule has 0 saturated heterocycles. The van der Waals surface area contributed by atoms with Crippen LogP contribution in [-0.2, 0) is 4.79 Å². The van der Waals surface area contributed by atoms with E-state index in [1.807, 2.05) is 30.3 Å². The summed E-state index contributed by atoms with van der Waals surface area (Å²) < 4.78 is 1.58. The number of anilines is 1. The lowest BCUT2D eigenvalue weighted by atomic mass is 9.95. The molecule has 3 rings (SSSR count). The van der Waals surface area contributed by atoms with Crippen LogP contribution in [0.4, 0.5) is 5.82 Å². The highest BCUT2D eigenvalue weighted by Crippen LogP contribution is 2.20. The first-order valence-electron chi connectivity index (χ1n) is 8.37. The molecule has 2 aromatic rings. The van der Waals surface area contributed by atoms with Gasteiger partial charge in [-0.15, -0.1) is 0 Å². The van der Waals surface area contributed by atoms with Crippen LogP contribution in [-0.4, -0.2) is 27.6 Å². The average Bonchev–Trinajstić information content (AvgIpc) is 3.00. The minimum Gasteiger partial charge on any atom is -0.348 e. The van der Waals surface area contributed by atoms with E-state index < -0.39 is 0 Å². The van der Waals surface area contributed by atoms with Gasteiger partial charge in [-0.2, -0.15) is 5.10 Å². The summed E-state index contributed by atoms with van der Waals surface area (Å²) in [7, 11) is 0. The van der Waals surface area contributed by atoms with Gasteiger partial charge in [0.1, 0.15) is 5.82 Å². The zero-order valence-electron chi connectivity index (χ0n) is 13.8. The number of amides is 2. The molecule has 1 heterocycles. The van der Waals surface area contributed by atoms with E-state index in [1.54, 1.807) is 10.7 Å². The zero-order valence-corrected chi connectivity index (χ0v) is 13.8. The first-order chi connectivity index (χ1) is 11.6. The maximum Gasteiger partial charge on any atom is 0.272 e. The molecule has 0 aliphatic heterocycles. The number of carbonyl (C=O) groups excluding carboxylic acids is 2. The van der Waals surface area contributed by atoms with Crippen LogP contribution < -0.4 is 10.6 Å². The molecule has 0 radical (unpaired) electrons. The van der Waals surface area contributed by atoms with Crippen molar-refractivity contribution in [2.24, 2.45) is 0 Å². The third kappa shape index (κ3) is 3.82. The lowest BCUT2D eigenvalue weighted by Crippen LogP contribution is -2.36. The molecule has 6 nitrogen and oxygen atoms in total. The number of hydrogen-bond acceptors (Lipinski definition) is 3. The van der Waals surface area contributed by atoms with Gasteiger partial charge >= 0.3 is 0 Å². The average molecular weight is 326 g/mol. The fourth-order valence-corrected chi connectivity index (χ4v) is 3.03. The van der Waals surface area contributed by atoms with Crippen LogP contribution in [0.25, 0.3) is 5.69 Å². The van der Waals surface area contributed by atoms with Crippen LogP contribution in [0, 0.1) is 0 Å². The number of para-hydroxylation sites is 1. The van der Waals surface area contributed by atoms with E-state index in [2.05, 4.69) is 15.7 Å². The number of nitrogens with one attached hydrogen (secondary N) is 2. The van der Waals surface area contributed by atoms with Crippen molar-refractivity contribution in [3.05, 3.63) is 42.1 Å². The molecular formula is C18H22N4O2. The predicted octanol–water partition coefficient (Wildman–Crippen LogP) is 2.89. The summed E-state index contributed by atoms with van der Waals surface area (Å²) in [6.45, 7) is 1.43. The van der Waals surface area contributed by atoms with E-state index in [4.69, 9.17) is 0 Å². The highest BCUT2D eigenvalue weighted by molar-refractivity contribution is 5.95. The van der Waals surface area contributed by atoms with E-state index in [0.717, 1.165) is 31.4 Å². The first kappa shape index (κ1) is 16.2. The Morgan fingerprint density at radius 1 is 1.12 bits per heavy atom. The van der Waals surface area contributed by atoms with Crippen LogP contribution in [0.3, 0.4) is 0 Å². The fourth-order valence-electron chi connectivity index (χ4n) is 3.03. The number of aromatic nitrogens is 2. The van der Waals surface area contributed by atoms with Gasteiger partial charge in [0.25, 0.3) is 5.91 Å². The van der Waals surface area contributed by atoms with Gasteiger partial charge in [0.2, 0.25) is 5.91 Å². The van der Waals surface area contributed by atoms with Gasteiger partial charge in [-0.25, -0.2) is 4.68 Å². The number of benzene rings is 1. The van der Waals surface area contributed by atoms with Crippen molar-refractivity contribution in [1.82, 2.24) is 15.1 Å². The maximum atomic E-state index is 12.5. The molecule has 24 heavy (non-hydrogen) atoms. The molecule has 0 bridgehead atoms. The molecule has 1 saturated carbocycles. The van der Waals surface area contributed by atoms with Gasteiger partial charge in [-0.3, -0.25) is 9.59 Å². The van der Waals surface area contributed by atoms with Gasteiger partial charge in [-0.1, -0.05) is 37.5 Å². The Morgan fingerprint density at radius 2 is 1.83 bits per heavy atom. The second-order valence-corrected chi connectivity index (χ2v) is 6.15. The first-order valence-corrected chi connectivity index (χ1v) is 8.37. The Balaban J connectivity index is 1.84. The zero-order chi connectivity index (χ0) is 16.9. The van der Waals surface area contributed by atoms with Crippen molar-refractivity contribution in [2.45, 2.75) is 45.1 Å². The number of carbonyl (C=O) groups is 2. The Bertz CT molecular complexity index is 718. The molecule has 1 aromatic carbocycles. The standard InChI is InChI=1S/C18H22N4O2/c1-13(23)19-17-12-16(18(24)20-14-8-4-2-5-9-14)21-22(17)15-10-6-3-7-11-15/h3,6-7,10-12,14H,2,4-5,8-9H2,1H3,(H,19,23)(H,20,24). The molecule has 1 fully saturated rings. The second kappa shape index (κ2) is 7.29. The molecular weight excluding hydrogens is 304 g/mol. The third-order valence-electron chi connectivity index (χ3n) is 4.19. The summed E-state index contributed by atoms with van der Waals surface area (Å²) in [6.07, 6.45) is 5.58. The number of rotatable bonds is 4. The minimum absolute atomic E-state index is 0.191. The quantitative estimate of drug-likeness (QED) is 0.907. The molecule has 2 amide bonds. The number of nitrogens with zero attached hydrogens (tertiary/aromatic N) is 2. The van der Waals surface area contributed by atoms with Gasteiger partial charge in [-0.05, 0) is 25.0 Å². The van der Waals surface area contributed by atoms with Crippen molar-refractivity contribution in [1.29, 1.82) is 0 Å². The van der Waals surface area contributed by atoms with Crippen molar-refractivity contribution in [2.75, 3.05) is 5.32 Å². The molecule has 0 spiro atoms. The summed E-state index contributed by atoms with van der Waals surface area (Å²) in [5.41, 5.74) is 1.10. The summed E-state index contributed by atoms with van der Waals surface area (Å²) in [4.78, 5) is 23.9. The van der Waals surface area contributed by atoms with Crippen molar-refractivity contribution in [3.63, 3.8) is 0 Å². The van der Waals surface area contributed by atoms with E-state index >= 15 is 0 Å². The molecule has 126 valence electrons. The van der Waals surface area contributed by atoms with Crippen LogP contribution in [0.1, 0.15) is 49.5 Å². The summed E-state index contributed by atoms with van der Waals surface area (Å²) in [5, 5.41) is 10.2. The maximum absolute atomic E-state index is 12.5. The highest BCUT2D eigenvalue weighted by atomic mass is 16.2. The van der Waals surface area contributed by atoms with Crippen molar-refractivity contribution in [3.8, 4) is 5.69 Å². The van der Waals surface area contributed by atoms with Crippen molar-refractivity contribution >= 4 is 17.6 Å². The molecule has 2 N–H and O–H groups in total. The SMILES string of the molecule is CC(=O)Nc1cc(C(=O)NC2CCCCC2)nn1-c1ccccc1. The summed E-state index contributed by atoms with van der Waals surface area (Å²) >= 11 is 0. The molecule has 6 heteroatoms. The Labute approximate surface area is 141 Å². The van der Waals surface area contributed by atoms with Gasteiger partial charge in [0, 0.05) is 19.0 Å². The second-order valence-electron chi connectivity index (χ2n) is 6.15. The molecule has 1 aliphatic carbocycles. The van der Waals surface area contributed by atoms with E-state index in [-0.39, 0.29) is 17.9 Å². The normalized spacial score (nSPS) is 15.0. The summed E-state index contributed by atoms with van der Waals surface area (Å²) in [5.74, 6) is 0.0944. The fraction of sp³-hybridized carbons (Fsp3) is 0.389. The predicted molar refractivity (Wildman–Crippen MR) is 92.2 cm³/mol. The van der Waals surface area contributed by atoms with Gasteiger partial charge in [0.15, 0.2) is 5.69 Å². The van der Waals surface area contributed by atoms with E-state index in [0.29, 0.717) is 11.5 Å². The number of hydrogen-bond donors (Lipinski definition) is 2. The largest absolute Gasteiger partial charge is 0.348 e. The lowest BCUT2D eigenvalue weighted by molar-refractivity contribution is -0.114. The van der Waals surface area contributed by atoms with Crippen LogP contribution in [0.2, 0.25) is 0 Å². The Hall–Kier alpha value is -2.63. The van der Waals surface area contributed by atoms with Crippen molar-refractivity contribution < 1.29 is 9.59 Å². The van der Waals surface area contributed by atoms with E-state index in [9.17, 15) is 9.59 Å². The van der Waals surface area contributed by atoms with E-state index in [1.165, 1.54) is 13.3 Å². The smallest absolute Gasteiger partial charge is 0.272 e. The van der Waals surface area contributed by atoms with Crippen LogP contribution in [0.15, 0.2) is 36.4 Å². The monoisotopic (exact) mass is 326 g/mol. The molecule has 0 atom stereocenters.